The van der Waals surface area contributed by atoms with Gasteiger partial charge in [0.25, 0.3) is 0 Å². The van der Waals surface area contributed by atoms with Gasteiger partial charge in [0, 0.05) is 18.7 Å². The van der Waals surface area contributed by atoms with Crippen LogP contribution in [0.1, 0.15) is 31.4 Å². The lowest BCUT2D eigenvalue weighted by atomic mass is 10.4. The van der Waals surface area contributed by atoms with Crippen molar-refractivity contribution in [1.82, 2.24) is 4.31 Å². The number of aliphatic hydroxyl groups excluding tert-OH is 1. The lowest BCUT2D eigenvalue weighted by Crippen LogP contribution is -2.34. The van der Waals surface area contributed by atoms with Crippen LogP contribution in [0.25, 0.3) is 0 Å². The van der Waals surface area contributed by atoms with E-state index in [1.165, 1.54) is 6.07 Å². The summed E-state index contributed by atoms with van der Waals surface area (Å²) in [5.41, 5.74) is 0. The third-order valence-corrected chi connectivity index (χ3v) is 6.31. The van der Waals surface area contributed by atoms with Crippen LogP contribution in [-0.2, 0) is 16.6 Å². The zero-order valence-corrected chi connectivity index (χ0v) is 12.8. The van der Waals surface area contributed by atoms with Gasteiger partial charge in [-0.2, -0.15) is 4.31 Å². The second-order valence-electron chi connectivity index (χ2n) is 5.26. The van der Waals surface area contributed by atoms with E-state index in [9.17, 15) is 8.42 Å². The molecule has 1 N–H and O–H groups in total. The molecule has 5 nitrogen and oxygen atoms in total. The number of hydrogen-bond donors (Lipinski definition) is 1. The fraction of sp³-hybridized carbons (Fsp3) is 0.667. The Labute approximate surface area is 120 Å². The summed E-state index contributed by atoms with van der Waals surface area (Å²) in [7, 11) is -3.53. The number of rotatable bonds is 6. The molecule has 3 rings (SSSR count). The van der Waals surface area contributed by atoms with Crippen molar-refractivity contribution in [1.29, 1.82) is 0 Å². The lowest BCUT2D eigenvalue weighted by molar-refractivity contribution is 0.245. The summed E-state index contributed by atoms with van der Waals surface area (Å²) in [4.78, 5) is 0.129. The van der Waals surface area contributed by atoms with E-state index < -0.39 is 10.0 Å². The SMILES string of the molecule is O=S(=O)(c1cc(CO)oc1Br)N(CC1CC1)C1CC1. The van der Waals surface area contributed by atoms with Crippen molar-refractivity contribution in [2.75, 3.05) is 6.54 Å². The number of sulfonamides is 1. The normalized spacial score (nSPS) is 20.2. The summed E-state index contributed by atoms with van der Waals surface area (Å²) in [6.07, 6.45) is 4.11. The van der Waals surface area contributed by atoms with Crippen molar-refractivity contribution in [2.24, 2.45) is 5.92 Å². The number of nitrogens with zero attached hydrogens (tertiary/aromatic N) is 1. The summed E-state index contributed by atoms with van der Waals surface area (Å²) in [5.74, 6) is 0.769. The highest BCUT2D eigenvalue weighted by molar-refractivity contribution is 9.10. The zero-order valence-electron chi connectivity index (χ0n) is 10.4. The first-order valence-electron chi connectivity index (χ1n) is 6.43. The maximum absolute atomic E-state index is 12.7. The van der Waals surface area contributed by atoms with Crippen molar-refractivity contribution in [3.8, 4) is 0 Å². The van der Waals surface area contributed by atoms with E-state index in [2.05, 4.69) is 15.9 Å². The molecule has 7 heteroatoms. The first-order chi connectivity index (χ1) is 9.02. The first-order valence-corrected chi connectivity index (χ1v) is 8.66. The van der Waals surface area contributed by atoms with E-state index in [1.54, 1.807) is 4.31 Å². The highest BCUT2D eigenvalue weighted by Gasteiger charge is 2.42. The van der Waals surface area contributed by atoms with Crippen LogP contribution in [0.4, 0.5) is 0 Å². The van der Waals surface area contributed by atoms with Gasteiger partial charge in [-0.15, -0.1) is 0 Å². The van der Waals surface area contributed by atoms with Crippen LogP contribution in [0, 0.1) is 5.92 Å². The number of aliphatic hydroxyl groups is 1. The van der Waals surface area contributed by atoms with Crippen molar-refractivity contribution in [2.45, 2.75) is 43.2 Å². The van der Waals surface area contributed by atoms with Crippen LogP contribution < -0.4 is 0 Å². The molecule has 0 spiro atoms. The third-order valence-electron chi connectivity index (χ3n) is 3.54. The smallest absolute Gasteiger partial charge is 0.247 e. The molecule has 0 radical (unpaired) electrons. The number of hydrogen-bond acceptors (Lipinski definition) is 4. The van der Waals surface area contributed by atoms with Crippen molar-refractivity contribution in [3.05, 3.63) is 16.5 Å². The van der Waals surface area contributed by atoms with Gasteiger partial charge in [0.15, 0.2) is 4.67 Å². The lowest BCUT2D eigenvalue weighted by Gasteiger charge is -2.20. The second-order valence-corrected chi connectivity index (χ2v) is 7.84. The molecule has 1 heterocycles. The maximum Gasteiger partial charge on any atom is 0.247 e. The fourth-order valence-corrected chi connectivity index (χ4v) is 4.86. The van der Waals surface area contributed by atoms with E-state index in [-0.39, 0.29) is 28.0 Å². The average molecular weight is 350 g/mol. The predicted molar refractivity (Wildman–Crippen MR) is 72.0 cm³/mol. The topological polar surface area (TPSA) is 70.8 Å². The number of halogens is 1. The van der Waals surface area contributed by atoms with Crippen molar-refractivity contribution in [3.63, 3.8) is 0 Å². The molecule has 2 saturated carbocycles. The van der Waals surface area contributed by atoms with E-state index in [0.29, 0.717) is 12.5 Å². The molecular formula is C12H16BrNO4S. The van der Waals surface area contributed by atoms with Gasteiger partial charge in [0.05, 0.1) is 0 Å². The van der Waals surface area contributed by atoms with Crippen LogP contribution >= 0.6 is 15.9 Å². The van der Waals surface area contributed by atoms with Gasteiger partial charge in [-0.05, 0) is 47.5 Å². The molecule has 0 bridgehead atoms. The van der Waals surface area contributed by atoms with E-state index in [0.717, 1.165) is 25.7 Å². The molecule has 1 aromatic rings. The van der Waals surface area contributed by atoms with E-state index in [4.69, 9.17) is 9.52 Å². The van der Waals surface area contributed by atoms with Gasteiger partial charge in [-0.25, -0.2) is 8.42 Å². The Hall–Kier alpha value is -0.370. The third kappa shape index (κ3) is 2.74. The predicted octanol–water partition coefficient (Wildman–Crippen LogP) is 2.10. The van der Waals surface area contributed by atoms with Crippen LogP contribution in [0.3, 0.4) is 0 Å². The Morgan fingerprint density at radius 2 is 2.05 bits per heavy atom. The molecule has 19 heavy (non-hydrogen) atoms. The zero-order chi connectivity index (χ0) is 13.6. The largest absolute Gasteiger partial charge is 0.450 e. The van der Waals surface area contributed by atoms with Crippen LogP contribution in [-0.4, -0.2) is 30.4 Å². The first kappa shape index (κ1) is 13.6. The Bertz CT molecular complexity index is 575. The Kier molecular flexibility index (Phi) is 3.49. The molecule has 2 aliphatic rings. The molecule has 0 unspecified atom stereocenters. The van der Waals surface area contributed by atoms with Crippen molar-refractivity contribution < 1.29 is 17.9 Å². The summed E-state index contributed by atoms with van der Waals surface area (Å²) >= 11 is 3.13. The minimum atomic E-state index is -3.53. The van der Waals surface area contributed by atoms with Gasteiger partial charge in [0.1, 0.15) is 17.3 Å². The van der Waals surface area contributed by atoms with E-state index in [1.807, 2.05) is 0 Å². The molecule has 2 aliphatic carbocycles. The maximum atomic E-state index is 12.7. The minimum Gasteiger partial charge on any atom is -0.450 e. The fourth-order valence-electron chi connectivity index (χ4n) is 2.14. The standard InChI is InChI=1S/C12H16BrNO4S/c13-12-11(5-10(7-15)18-12)19(16,17)14(9-3-4-9)6-8-1-2-8/h5,8-9,15H,1-4,6-7H2. The minimum absolute atomic E-state index is 0.129. The summed E-state index contributed by atoms with van der Waals surface area (Å²) in [6, 6.07) is 1.55. The molecule has 0 aliphatic heterocycles. The molecule has 1 aromatic heterocycles. The molecule has 0 aromatic carbocycles. The quantitative estimate of drug-likeness (QED) is 0.853. The van der Waals surface area contributed by atoms with Gasteiger partial charge in [0.2, 0.25) is 10.0 Å². The highest BCUT2D eigenvalue weighted by atomic mass is 79.9. The summed E-state index contributed by atoms with van der Waals surface area (Å²) in [6.45, 7) is 0.305. The summed E-state index contributed by atoms with van der Waals surface area (Å²) < 4.78 is 32.3. The molecule has 0 atom stereocenters. The van der Waals surface area contributed by atoms with Crippen LogP contribution in [0.15, 0.2) is 20.0 Å². The molecular weight excluding hydrogens is 334 g/mol. The second kappa shape index (κ2) is 4.87. The monoisotopic (exact) mass is 349 g/mol. The highest BCUT2D eigenvalue weighted by Crippen LogP contribution is 2.39. The molecule has 2 fully saturated rings. The number of furan rings is 1. The van der Waals surface area contributed by atoms with Gasteiger partial charge >= 0.3 is 0 Å². The van der Waals surface area contributed by atoms with Gasteiger partial charge in [-0.3, -0.25) is 0 Å². The van der Waals surface area contributed by atoms with Crippen LogP contribution in [0.2, 0.25) is 0 Å². The molecule has 0 amide bonds. The van der Waals surface area contributed by atoms with Crippen molar-refractivity contribution >= 4 is 26.0 Å². The average Bonchev–Trinajstić information content (AvgIpc) is 3.24. The van der Waals surface area contributed by atoms with Gasteiger partial charge < -0.3 is 9.52 Å². The molecule has 106 valence electrons. The molecule has 0 saturated heterocycles. The Morgan fingerprint density at radius 3 is 2.53 bits per heavy atom. The summed E-state index contributed by atoms with van der Waals surface area (Å²) in [5, 5.41) is 9.03. The van der Waals surface area contributed by atoms with Crippen LogP contribution in [0.5, 0.6) is 0 Å². The Balaban J connectivity index is 1.91. The van der Waals surface area contributed by atoms with E-state index >= 15 is 0 Å². The van der Waals surface area contributed by atoms with Gasteiger partial charge in [-0.1, -0.05) is 0 Å². The Morgan fingerprint density at radius 1 is 1.37 bits per heavy atom.